The van der Waals surface area contributed by atoms with Gasteiger partial charge in [-0.3, -0.25) is 0 Å². The summed E-state index contributed by atoms with van der Waals surface area (Å²) in [5.41, 5.74) is 0.256. The van der Waals surface area contributed by atoms with Crippen LogP contribution in [0.25, 0.3) is 0 Å². The molecule has 0 unspecified atom stereocenters. The Morgan fingerprint density at radius 2 is 1.86 bits per heavy atom. The van der Waals surface area contributed by atoms with Gasteiger partial charge in [-0.05, 0) is 36.6 Å². The first kappa shape index (κ1) is 20.1. The standard InChI is InChI=1S/C19H21F3N4O2S/c1-25(29(27,28)12-13-3-2-4-15(9-13)19(20,21)22)16-10-26(11-16)18-8-7-17(23-24-18)14-5-6-14/h2-4,7-9,14,16H,5-6,10-12H2,1H3. The molecular weight excluding hydrogens is 405 g/mol. The van der Waals surface area contributed by atoms with E-state index in [0.29, 0.717) is 24.8 Å². The molecule has 2 aliphatic rings. The Bertz CT molecular complexity index is 985. The number of nitrogens with zero attached hydrogens (tertiary/aromatic N) is 4. The molecule has 1 aliphatic carbocycles. The van der Waals surface area contributed by atoms with Gasteiger partial charge >= 0.3 is 6.18 Å². The number of benzene rings is 1. The molecule has 0 amide bonds. The molecular formula is C19H21F3N4O2S. The van der Waals surface area contributed by atoms with Gasteiger partial charge in [0.15, 0.2) is 5.82 Å². The van der Waals surface area contributed by atoms with Gasteiger partial charge in [-0.1, -0.05) is 18.2 Å². The van der Waals surface area contributed by atoms with Crippen molar-refractivity contribution in [3.63, 3.8) is 0 Å². The first-order valence-corrected chi connectivity index (χ1v) is 10.9. The van der Waals surface area contributed by atoms with Crippen LogP contribution in [0.1, 0.15) is 35.6 Å². The van der Waals surface area contributed by atoms with E-state index in [4.69, 9.17) is 0 Å². The van der Waals surface area contributed by atoms with Crippen LogP contribution in [0.2, 0.25) is 0 Å². The first-order chi connectivity index (χ1) is 13.6. The Balaban J connectivity index is 1.37. The van der Waals surface area contributed by atoms with Gasteiger partial charge in [0.25, 0.3) is 0 Å². The van der Waals surface area contributed by atoms with E-state index in [-0.39, 0.29) is 11.6 Å². The summed E-state index contributed by atoms with van der Waals surface area (Å²) in [6, 6.07) is 8.04. The lowest BCUT2D eigenvalue weighted by atomic mass is 10.1. The third-order valence-electron chi connectivity index (χ3n) is 5.41. The van der Waals surface area contributed by atoms with Crippen LogP contribution in [0.15, 0.2) is 36.4 Å². The topological polar surface area (TPSA) is 66.4 Å². The Morgan fingerprint density at radius 1 is 1.14 bits per heavy atom. The maximum atomic E-state index is 12.9. The Hall–Kier alpha value is -2.20. The van der Waals surface area contributed by atoms with Crippen LogP contribution in [0.3, 0.4) is 0 Å². The maximum Gasteiger partial charge on any atom is 0.416 e. The number of anilines is 1. The molecule has 2 aromatic rings. The average molecular weight is 426 g/mol. The van der Waals surface area contributed by atoms with Crippen molar-refractivity contribution in [1.82, 2.24) is 14.5 Å². The number of alkyl halides is 3. The molecule has 0 bridgehead atoms. The van der Waals surface area contributed by atoms with Crippen molar-refractivity contribution in [3.05, 3.63) is 53.2 Å². The van der Waals surface area contributed by atoms with Gasteiger partial charge in [-0.25, -0.2) is 8.42 Å². The molecule has 0 radical (unpaired) electrons. The fraction of sp³-hybridized carbons (Fsp3) is 0.474. The van der Waals surface area contributed by atoms with E-state index < -0.39 is 27.5 Å². The molecule has 1 saturated carbocycles. The van der Waals surface area contributed by atoms with Crippen molar-refractivity contribution in [2.24, 2.45) is 0 Å². The molecule has 6 nitrogen and oxygen atoms in total. The van der Waals surface area contributed by atoms with Gasteiger partial charge in [0, 0.05) is 26.1 Å². The van der Waals surface area contributed by atoms with Crippen molar-refractivity contribution in [2.45, 2.75) is 36.7 Å². The van der Waals surface area contributed by atoms with E-state index >= 15 is 0 Å². The van der Waals surface area contributed by atoms with Crippen LogP contribution in [-0.4, -0.2) is 49.1 Å². The summed E-state index contributed by atoms with van der Waals surface area (Å²) in [5.74, 6) is 0.752. The van der Waals surface area contributed by atoms with Crippen molar-refractivity contribution < 1.29 is 21.6 Å². The Morgan fingerprint density at radius 3 is 2.45 bits per heavy atom. The zero-order chi connectivity index (χ0) is 20.8. The summed E-state index contributed by atoms with van der Waals surface area (Å²) < 4.78 is 65.1. The second kappa shape index (κ2) is 7.24. The molecule has 0 spiro atoms. The summed E-state index contributed by atoms with van der Waals surface area (Å²) >= 11 is 0. The van der Waals surface area contributed by atoms with Gasteiger partial charge in [0.05, 0.1) is 23.1 Å². The fourth-order valence-corrected chi connectivity index (χ4v) is 4.74. The van der Waals surface area contributed by atoms with Crippen molar-refractivity contribution in [2.75, 3.05) is 25.0 Å². The van der Waals surface area contributed by atoms with E-state index in [1.165, 1.54) is 23.5 Å². The van der Waals surface area contributed by atoms with E-state index in [9.17, 15) is 21.6 Å². The smallest absolute Gasteiger partial charge is 0.352 e. The van der Waals surface area contributed by atoms with Crippen LogP contribution < -0.4 is 4.90 Å². The van der Waals surface area contributed by atoms with Crippen LogP contribution >= 0.6 is 0 Å². The van der Waals surface area contributed by atoms with Crippen LogP contribution in [-0.2, 0) is 22.0 Å². The lowest BCUT2D eigenvalue weighted by molar-refractivity contribution is -0.137. The maximum absolute atomic E-state index is 12.9. The molecule has 1 aromatic carbocycles. The lowest BCUT2D eigenvalue weighted by Crippen LogP contribution is -2.60. The van der Waals surface area contributed by atoms with Gasteiger partial charge in [0.1, 0.15) is 0 Å². The van der Waals surface area contributed by atoms with E-state index in [0.717, 1.165) is 30.7 Å². The molecule has 0 atom stereocenters. The quantitative estimate of drug-likeness (QED) is 0.711. The SMILES string of the molecule is CN(C1CN(c2ccc(C3CC3)nn2)C1)S(=O)(=O)Cc1cccc(C(F)(F)F)c1. The van der Waals surface area contributed by atoms with E-state index in [1.54, 1.807) is 0 Å². The predicted molar refractivity (Wildman–Crippen MR) is 102 cm³/mol. The van der Waals surface area contributed by atoms with Crippen LogP contribution in [0.5, 0.6) is 0 Å². The fourth-order valence-electron chi connectivity index (χ4n) is 3.35. The minimum absolute atomic E-state index is 0.115. The predicted octanol–water partition coefficient (Wildman–Crippen LogP) is 3.02. The average Bonchev–Trinajstić information content (AvgIpc) is 3.45. The highest BCUT2D eigenvalue weighted by atomic mass is 32.2. The summed E-state index contributed by atoms with van der Waals surface area (Å²) in [5, 5.41) is 8.45. The first-order valence-electron chi connectivity index (χ1n) is 9.34. The molecule has 2 heterocycles. The molecule has 2 fully saturated rings. The van der Waals surface area contributed by atoms with Gasteiger partial charge in [0.2, 0.25) is 10.0 Å². The van der Waals surface area contributed by atoms with Crippen LogP contribution in [0, 0.1) is 0 Å². The Kier molecular flexibility index (Phi) is 5.02. The highest BCUT2D eigenvalue weighted by Gasteiger charge is 2.37. The second-order valence-corrected chi connectivity index (χ2v) is 9.65. The highest BCUT2D eigenvalue weighted by molar-refractivity contribution is 7.88. The van der Waals surface area contributed by atoms with Gasteiger partial charge in [-0.2, -0.15) is 22.6 Å². The zero-order valence-corrected chi connectivity index (χ0v) is 16.6. The number of rotatable bonds is 6. The summed E-state index contributed by atoms with van der Waals surface area (Å²) in [7, 11) is -2.28. The van der Waals surface area contributed by atoms with Crippen molar-refractivity contribution >= 4 is 15.8 Å². The molecule has 1 saturated heterocycles. The van der Waals surface area contributed by atoms with Gasteiger partial charge < -0.3 is 4.90 Å². The molecule has 1 aromatic heterocycles. The monoisotopic (exact) mass is 426 g/mol. The highest BCUT2D eigenvalue weighted by Crippen LogP contribution is 2.39. The summed E-state index contributed by atoms with van der Waals surface area (Å²) in [6.07, 6.45) is -2.21. The second-order valence-electron chi connectivity index (χ2n) is 7.62. The minimum atomic E-state index is -4.50. The lowest BCUT2D eigenvalue weighted by Gasteiger charge is -2.43. The summed E-state index contributed by atoms with van der Waals surface area (Å²) in [4.78, 5) is 1.94. The van der Waals surface area contributed by atoms with E-state index in [1.807, 2.05) is 17.0 Å². The van der Waals surface area contributed by atoms with Crippen molar-refractivity contribution in [1.29, 1.82) is 0 Å². The Labute approximate surface area is 167 Å². The zero-order valence-electron chi connectivity index (χ0n) is 15.8. The van der Waals surface area contributed by atoms with Crippen molar-refractivity contribution in [3.8, 4) is 0 Å². The third-order valence-corrected chi connectivity index (χ3v) is 7.28. The summed E-state index contributed by atoms with van der Waals surface area (Å²) in [6.45, 7) is 0.936. The number of hydrogen-bond donors (Lipinski definition) is 0. The normalized spacial score (nSPS) is 18.2. The molecule has 29 heavy (non-hydrogen) atoms. The number of halogens is 3. The number of likely N-dealkylation sites (N-methyl/N-ethyl adjacent to an activating group) is 1. The molecule has 0 N–H and O–H groups in total. The third kappa shape index (κ3) is 4.37. The number of hydrogen-bond acceptors (Lipinski definition) is 5. The molecule has 4 rings (SSSR count). The van der Waals surface area contributed by atoms with E-state index in [2.05, 4.69) is 10.2 Å². The van der Waals surface area contributed by atoms with Crippen LogP contribution in [0.4, 0.5) is 19.0 Å². The molecule has 1 aliphatic heterocycles. The largest absolute Gasteiger partial charge is 0.416 e. The number of aromatic nitrogens is 2. The molecule has 156 valence electrons. The number of sulfonamides is 1. The van der Waals surface area contributed by atoms with Gasteiger partial charge in [-0.15, -0.1) is 5.10 Å². The minimum Gasteiger partial charge on any atom is -0.352 e. The molecule has 10 heteroatoms.